The molecule has 34 heteroatoms. The van der Waals surface area contributed by atoms with Crippen LogP contribution in [-0.4, -0.2) is 310 Å². The maximum atomic E-state index is 15.1. The number of hydrogen-bond acceptors (Lipinski definition) is 27. The van der Waals surface area contributed by atoms with Gasteiger partial charge >= 0.3 is 0 Å². The highest BCUT2D eigenvalue weighted by Gasteiger charge is 2.50. The highest BCUT2D eigenvalue weighted by molar-refractivity contribution is 7.17. The number of carbonyl (C=O) groups excluding carboxylic acids is 7. The van der Waals surface area contributed by atoms with Gasteiger partial charge in [-0.25, -0.2) is 4.98 Å². The highest BCUT2D eigenvalue weighted by Crippen LogP contribution is 2.34. The van der Waals surface area contributed by atoms with E-state index in [2.05, 4.69) is 64.1 Å². The van der Waals surface area contributed by atoms with Gasteiger partial charge < -0.3 is 113 Å². The van der Waals surface area contributed by atoms with Crippen molar-refractivity contribution in [1.82, 2.24) is 67.1 Å². The number of rotatable bonds is 25. The molecule has 5 fully saturated rings. The van der Waals surface area contributed by atoms with Gasteiger partial charge in [-0.15, -0.1) is 10.2 Å². The number of carbonyl (C=O) groups is 7. The minimum absolute atomic E-state index is 0.0164. The summed E-state index contributed by atoms with van der Waals surface area (Å²) in [6, 6.07) is 1.65. The fourth-order valence-corrected chi connectivity index (χ4v) is 14.7. The van der Waals surface area contributed by atoms with E-state index in [9.17, 15) is 80.1 Å². The second kappa shape index (κ2) is 37.3. The van der Waals surface area contributed by atoms with Crippen molar-refractivity contribution in [3.05, 3.63) is 71.9 Å². The number of amides is 7. The summed E-state index contributed by atoms with van der Waals surface area (Å²) in [7, 11) is 0. The van der Waals surface area contributed by atoms with Crippen LogP contribution in [0.25, 0.3) is 21.1 Å². The normalized spacial score (nSPS) is 26.9. The van der Waals surface area contributed by atoms with Crippen molar-refractivity contribution in [3.8, 4) is 32.6 Å². The number of anilines is 1. The first-order valence-corrected chi connectivity index (χ1v) is 36.2. The molecule has 0 bridgehead atoms. The van der Waals surface area contributed by atoms with Gasteiger partial charge in [-0.05, 0) is 93.5 Å². The number of aliphatic hydroxyl groups excluding tert-OH is 10. The van der Waals surface area contributed by atoms with Crippen molar-refractivity contribution in [2.75, 3.05) is 96.8 Å². The van der Waals surface area contributed by atoms with Crippen molar-refractivity contribution in [1.29, 1.82) is 0 Å². The van der Waals surface area contributed by atoms with Crippen LogP contribution in [0.3, 0.4) is 0 Å². The first-order chi connectivity index (χ1) is 49.4. The van der Waals surface area contributed by atoms with Crippen LogP contribution >= 0.6 is 11.3 Å². The summed E-state index contributed by atoms with van der Waals surface area (Å²) in [6.45, 7) is 4.99. The van der Waals surface area contributed by atoms with Crippen molar-refractivity contribution in [2.45, 2.75) is 170 Å². The average molecular weight is 1460 g/mol. The summed E-state index contributed by atoms with van der Waals surface area (Å²) < 4.78 is 5.73. The van der Waals surface area contributed by atoms with Crippen LogP contribution in [-0.2, 0) is 35.2 Å². The molecule has 13 atom stereocenters. The summed E-state index contributed by atoms with van der Waals surface area (Å²) >= 11 is 1.30. The lowest BCUT2D eigenvalue weighted by Gasteiger charge is -2.42. The first-order valence-electron chi connectivity index (χ1n) is 35.4. The van der Waals surface area contributed by atoms with Gasteiger partial charge in [0.2, 0.25) is 35.4 Å². The molecule has 1 aliphatic carbocycles. The Kier molecular flexibility index (Phi) is 28.8. The van der Waals surface area contributed by atoms with Gasteiger partial charge in [0.05, 0.1) is 75.1 Å². The maximum absolute atomic E-state index is 15.1. The molecular formula is C69H100N14O19S. The van der Waals surface area contributed by atoms with E-state index in [1.165, 1.54) is 80.7 Å². The van der Waals surface area contributed by atoms with Gasteiger partial charge in [-0.2, -0.15) is 0 Å². The lowest BCUT2D eigenvalue weighted by Crippen LogP contribution is -2.64. The Balaban J connectivity index is 0.957. The Bertz CT molecular complexity index is 3470. The molecule has 566 valence electrons. The third-order valence-corrected chi connectivity index (χ3v) is 21.1. The predicted octanol–water partition coefficient (Wildman–Crippen LogP) is -4.33. The minimum atomic E-state index is -2.14. The van der Waals surface area contributed by atoms with Crippen molar-refractivity contribution < 1.29 is 94.5 Å². The van der Waals surface area contributed by atoms with Gasteiger partial charge in [0.15, 0.2) is 11.5 Å². The van der Waals surface area contributed by atoms with E-state index in [1.54, 1.807) is 18.3 Å². The van der Waals surface area contributed by atoms with E-state index in [-0.39, 0.29) is 62.1 Å². The second-order valence-corrected chi connectivity index (χ2v) is 28.4. The van der Waals surface area contributed by atoms with Gasteiger partial charge in [-0.3, -0.25) is 38.5 Å². The van der Waals surface area contributed by atoms with Crippen LogP contribution in [0.15, 0.2) is 60.8 Å². The number of aromatic nitrogens is 3. The van der Waals surface area contributed by atoms with E-state index in [1.807, 2.05) is 12.1 Å². The molecule has 103 heavy (non-hydrogen) atoms. The van der Waals surface area contributed by atoms with Crippen LogP contribution < -0.4 is 46.9 Å². The Hall–Kier alpha value is -7.68. The fourth-order valence-electron chi connectivity index (χ4n) is 13.9. The molecule has 1 saturated carbocycles. The average Bonchev–Trinajstić information content (AvgIpc) is 1.68. The number of aromatic hydroxyl groups is 1. The van der Waals surface area contributed by atoms with Gasteiger partial charge in [0.1, 0.15) is 58.7 Å². The van der Waals surface area contributed by atoms with Crippen LogP contribution in [0.1, 0.15) is 88.1 Å². The number of ether oxygens (including phenoxy) is 1. The summed E-state index contributed by atoms with van der Waals surface area (Å²) in [5.41, 5.74) is 1.55. The zero-order valence-corrected chi connectivity index (χ0v) is 58.9. The SMILES string of the molecule is CCC1CCC(N2CCN(c3ccc(-c4nnc(-c5ccc(C(=O)NC6C[C@@H](O)CNC(=O)[C@@H]7[C@@H](O)[C@@H](C)CN7C(=O)[C@H]([C@H](O)CCNC(CO)CO)NC(=O)[C@H]([C@H](O)Cc7ccc(O)c(OCCNC(CO)CO)c7)NC(=O)[C@@H]7C[C@@H](O)CN7C(=O)[C@H]([C@@H](C)O)NC6=O)cc5)s4)cn3)CC2)CC1. The molecule has 9 rings (SSSR count). The number of phenols is 1. The van der Waals surface area contributed by atoms with Crippen LogP contribution in [0.4, 0.5) is 5.82 Å². The molecule has 4 aromatic rings. The Morgan fingerprint density at radius 2 is 1.33 bits per heavy atom. The van der Waals surface area contributed by atoms with Gasteiger partial charge in [0, 0.05) is 106 Å². The summed E-state index contributed by atoms with van der Waals surface area (Å²) in [4.78, 5) is 114. The van der Waals surface area contributed by atoms with Crippen molar-refractivity contribution in [2.24, 2.45) is 11.8 Å². The third-order valence-electron chi connectivity index (χ3n) is 20.1. The number of pyridine rings is 1. The minimum Gasteiger partial charge on any atom is -0.504 e. The van der Waals surface area contributed by atoms with E-state index >= 15 is 9.59 Å². The van der Waals surface area contributed by atoms with Gasteiger partial charge in [-0.1, -0.05) is 49.8 Å². The predicted molar refractivity (Wildman–Crippen MR) is 373 cm³/mol. The number of piperazine rings is 1. The molecule has 6 heterocycles. The van der Waals surface area contributed by atoms with E-state index < -0.39 is 184 Å². The van der Waals surface area contributed by atoms with Crippen molar-refractivity contribution in [3.63, 3.8) is 0 Å². The zero-order valence-electron chi connectivity index (χ0n) is 58.1. The quantitative estimate of drug-likeness (QED) is 0.0279. The van der Waals surface area contributed by atoms with E-state index in [0.29, 0.717) is 21.6 Å². The summed E-state index contributed by atoms with van der Waals surface area (Å²) in [5.74, 6) is -7.48. The molecule has 2 aromatic carbocycles. The molecule has 1 unspecified atom stereocenters. The second-order valence-electron chi connectivity index (χ2n) is 27.5. The van der Waals surface area contributed by atoms with E-state index in [4.69, 9.17) is 9.72 Å². The molecule has 33 nitrogen and oxygen atoms in total. The molecular weight excluding hydrogens is 1360 g/mol. The molecule has 2 aromatic heterocycles. The van der Waals surface area contributed by atoms with Crippen LogP contribution in [0.2, 0.25) is 0 Å². The maximum Gasteiger partial charge on any atom is 0.251 e. The smallest absolute Gasteiger partial charge is 0.251 e. The zero-order chi connectivity index (χ0) is 74.2. The number of aliphatic hydroxyl groups is 10. The van der Waals surface area contributed by atoms with Crippen LogP contribution in [0, 0.1) is 11.8 Å². The largest absolute Gasteiger partial charge is 0.504 e. The molecule has 0 radical (unpaired) electrons. The lowest BCUT2D eigenvalue weighted by molar-refractivity contribution is -0.147. The topological polar surface area (TPSA) is 487 Å². The molecule has 18 N–H and O–H groups in total. The summed E-state index contributed by atoms with van der Waals surface area (Å²) in [6.07, 6.45) is -4.42. The Morgan fingerprint density at radius 3 is 1.97 bits per heavy atom. The number of fused-ring (bicyclic) bond motifs is 2. The monoisotopic (exact) mass is 1460 g/mol. The first kappa shape index (κ1) is 79.4. The van der Waals surface area contributed by atoms with Crippen molar-refractivity contribution >= 4 is 58.5 Å². The number of phenolic OH excluding ortho intramolecular Hbond substituents is 1. The number of β-amino-alcohol motifs (C(OH)–C–C–N with tert-alkyl or cyclic N) is 1. The molecule has 7 amide bonds. The Labute approximate surface area is 600 Å². The standard InChI is InChI=1S/C69H100N14O19S/c1-4-39-5-13-46(14-6-39)80-20-22-81(23-21-80)55-16-12-43(29-72-55)67-79-78-66(103-67)42-10-8-41(9-11-42)61(95)74-49-27-47(89)30-73-65(99)59-60(94)37(2)31-83(59)69(101)58(52(92)17-18-70-44(33-84)34-85)77-64(98)57(53(93)25-40-7-15-51(91)54(26-40)102-24-19-71-45(35-86)36-87)76-63(97)50-28-48(90)32-82(50)68(100)56(38(3)88)75-62(49)96/h7-12,15-16,26,29,37-39,44-50,52-53,56-60,70-71,84-94H,4-6,13-14,17-25,27-28,30-36H2,1-3H3,(H,73,99)(H,74,95)(H,75,96)(H,76,97)(H,77,98)/t37-,38+,39?,46?,47+,48+,49?,50-,52+,53+,56-,57-,58-,59-,60-/m0/s1. The van der Waals surface area contributed by atoms with Gasteiger partial charge in [0.25, 0.3) is 5.91 Å². The molecule has 0 spiro atoms. The van der Waals surface area contributed by atoms with E-state index in [0.717, 1.165) is 60.2 Å². The number of hydrogen-bond donors (Lipinski definition) is 18. The lowest BCUT2D eigenvalue weighted by atomic mass is 9.84. The third kappa shape index (κ3) is 20.4. The fraction of sp³-hybridized carbons (Fsp3) is 0.623. The molecule has 4 saturated heterocycles. The highest BCUT2D eigenvalue weighted by atomic mass is 32.1. The molecule has 4 aliphatic heterocycles. The molecule has 5 aliphatic rings. The number of nitrogens with zero attached hydrogens (tertiary/aromatic N) is 7. The summed E-state index contributed by atoms with van der Waals surface area (Å²) in [5, 5.41) is 147. The van der Waals surface area contributed by atoms with Crippen LogP contribution in [0.5, 0.6) is 11.5 Å². The number of benzene rings is 2. The Morgan fingerprint density at radius 1 is 0.699 bits per heavy atom. The number of nitrogens with one attached hydrogen (secondary N) is 7.